The highest BCUT2D eigenvalue weighted by atomic mass is 127. The lowest BCUT2D eigenvalue weighted by atomic mass is 9.93. The molecule has 0 radical (unpaired) electrons. The lowest BCUT2D eigenvalue weighted by Gasteiger charge is -2.39. The van der Waals surface area contributed by atoms with Crippen molar-refractivity contribution in [3.63, 3.8) is 0 Å². The van der Waals surface area contributed by atoms with Crippen molar-refractivity contribution in [2.45, 2.75) is 32.5 Å². The molecule has 9 heteroatoms. The van der Waals surface area contributed by atoms with Crippen LogP contribution in [0.15, 0.2) is 60.6 Å². The zero-order chi connectivity index (χ0) is 20.1. The SMILES string of the molecule is CN=C(NCc1cccc(Cn2cncn2)c1)N1CCC(C)C(n2ccnc2)C1.I. The molecule has 1 saturated heterocycles. The summed E-state index contributed by atoms with van der Waals surface area (Å²) in [5.74, 6) is 1.57. The lowest BCUT2D eigenvalue weighted by molar-refractivity contribution is 0.189. The third kappa shape index (κ3) is 5.38. The number of aliphatic imine (C=N–C) groups is 1. The molecule has 4 rings (SSSR count). The average molecular weight is 520 g/mol. The zero-order valence-corrected chi connectivity index (χ0v) is 19.8. The maximum absolute atomic E-state index is 4.54. The Morgan fingerprint density at radius 1 is 1.23 bits per heavy atom. The molecule has 0 saturated carbocycles. The van der Waals surface area contributed by atoms with Gasteiger partial charge >= 0.3 is 0 Å². The van der Waals surface area contributed by atoms with Crippen LogP contribution in [0.2, 0.25) is 0 Å². The number of hydrogen-bond donors (Lipinski definition) is 1. The van der Waals surface area contributed by atoms with Crippen LogP contribution in [0.25, 0.3) is 0 Å². The first-order chi connectivity index (χ1) is 14.2. The van der Waals surface area contributed by atoms with Crippen LogP contribution in [-0.2, 0) is 13.1 Å². The summed E-state index contributed by atoms with van der Waals surface area (Å²) in [6.07, 6.45) is 10.3. The van der Waals surface area contributed by atoms with E-state index in [1.54, 1.807) is 12.7 Å². The quantitative estimate of drug-likeness (QED) is 0.318. The zero-order valence-electron chi connectivity index (χ0n) is 17.4. The Bertz CT molecular complexity index is 922. The molecule has 0 amide bonds. The fourth-order valence-electron chi connectivity index (χ4n) is 3.95. The minimum Gasteiger partial charge on any atom is -0.352 e. The van der Waals surface area contributed by atoms with E-state index in [-0.39, 0.29) is 24.0 Å². The fourth-order valence-corrected chi connectivity index (χ4v) is 3.95. The van der Waals surface area contributed by atoms with Crippen molar-refractivity contribution in [3.05, 3.63) is 66.8 Å². The predicted molar refractivity (Wildman–Crippen MR) is 128 cm³/mol. The normalized spacial score (nSPS) is 19.4. The summed E-state index contributed by atoms with van der Waals surface area (Å²) >= 11 is 0. The molecule has 3 aromatic rings. The number of likely N-dealkylation sites (tertiary alicyclic amines) is 1. The Labute approximate surface area is 194 Å². The second-order valence-electron chi connectivity index (χ2n) is 7.60. The van der Waals surface area contributed by atoms with Gasteiger partial charge in [0, 0.05) is 39.1 Å². The van der Waals surface area contributed by atoms with E-state index in [0.717, 1.165) is 38.6 Å². The van der Waals surface area contributed by atoms with Crippen LogP contribution in [-0.4, -0.2) is 55.3 Å². The Hall–Kier alpha value is -2.43. The number of benzene rings is 1. The molecule has 1 aliphatic rings. The van der Waals surface area contributed by atoms with Gasteiger partial charge in [-0.1, -0.05) is 31.2 Å². The van der Waals surface area contributed by atoms with Gasteiger partial charge in [0.05, 0.1) is 18.9 Å². The summed E-state index contributed by atoms with van der Waals surface area (Å²) < 4.78 is 4.05. The van der Waals surface area contributed by atoms with Gasteiger partial charge in [0.1, 0.15) is 12.7 Å². The highest BCUT2D eigenvalue weighted by Crippen LogP contribution is 2.27. The van der Waals surface area contributed by atoms with Crippen molar-refractivity contribution in [2.75, 3.05) is 20.1 Å². The molecule has 160 valence electrons. The molecule has 0 spiro atoms. The number of imidazole rings is 1. The van der Waals surface area contributed by atoms with Gasteiger partial charge in [0.15, 0.2) is 5.96 Å². The second kappa shape index (κ2) is 10.6. The highest BCUT2D eigenvalue weighted by molar-refractivity contribution is 14.0. The smallest absolute Gasteiger partial charge is 0.193 e. The number of halogens is 1. The maximum atomic E-state index is 4.54. The molecule has 30 heavy (non-hydrogen) atoms. The second-order valence-corrected chi connectivity index (χ2v) is 7.60. The maximum Gasteiger partial charge on any atom is 0.193 e. The van der Waals surface area contributed by atoms with Gasteiger partial charge in [0.25, 0.3) is 0 Å². The number of rotatable bonds is 5. The van der Waals surface area contributed by atoms with Crippen LogP contribution in [0.1, 0.15) is 30.5 Å². The van der Waals surface area contributed by atoms with Crippen LogP contribution < -0.4 is 5.32 Å². The van der Waals surface area contributed by atoms with Gasteiger partial charge in [-0.3, -0.25) is 4.99 Å². The van der Waals surface area contributed by atoms with Crippen molar-refractivity contribution in [1.82, 2.24) is 34.5 Å². The summed E-state index contributed by atoms with van der Waals surface area (Å²) in [4.78, 5) is 15.1. The van der Waals surface area contributed by atoms with Crippen molar-refractivity contribution < 1.29 is 0 Å². The van der Waals surface area contributed by atoms with Crippen molar-refractivity contribution >= 4 is 29.9 Å². The molecule has 2 atom stereocenters. The molecule has 2 unspecified atom stereocenters. The monoisotopic (exact) mass is 520 g/mol. The fraction of sp³-hybridized carbons (Fsp3) is 0.429. The van der Waals surface area contributed by atoms with E-state index in [0.29, 0.717) is 12.0 Å². The summed E-state index contributed by atoms with van der Waals surface area (Å²) in [6, 6.07) is 8.95. The van der Waals surface area contributed by atoms with Gasteiger partial charge in [-0.2, -0.15) is 5.10 Å². The van der Waals surface area contributed by atoms with Crippen LogP contribution in [0.5, 0.6) is 0 Å². The Kier molecular flexibility index (Phi) is 7.83. The van der Waals surface area contributed by atoms with Crippen LogP contribution in [0, 0.1) is 5.92 Å². The number of guanidine groups is 1. The molecule has 0 bridgehead atoms. The summed E-state index contributed by atoms with van der Waals surface area (Å²) in [6.45, 7) is 5.72. The summed E-state index contributed by atoms with van der Waals surface area (Å²) in [5, 5.41) is 7.72. The van der Waals surface area contributed by atoms with E-state index in [1.807, 2.05) is 24.3 Å². The average Bonchev–Trinajstić information content (AvgIpc) is 3.44. The van der Waals surface area contributed by atoms with Crippen LogP contribution >= 0.6 is 24.0 Å². The van der Waals surface area contributed by atoms with Crippen molar-refractivity contribution in [2.24, 2.45) is 10.9 Å². The molecular weight excluding hydrogens is 491 g/mol. The highest BCUT2D eigenvalue weighted by Gasteiger charge is 2.28. The molecule has 1 fully saturated rings. The van der Waals surface area contributed by atoms with Gasteiger partial charge in [-0.25, -0.2) is 14.6 Å². The van der Waals surface area contributed by atoms with Crippen LogP contribution in [0.4, 0.5) is 0 Å². The van der Waals surface area contributed by atoms with E-state index in [4.69, 9.17) is 0 Å². The molecule has 0 aliphatic carbocycles. The molecule has 1 aliphatic heterocycles. The molecule has 1 aromatic carbocycles. The topological polar surface area (TPSA) is 76.2 Å². The minimum atomic E-state index is 0. The summed E-state index contributed by atoms with van der Waals surface area (Å²) in [5.41, 5.74) is 2.43. The predicted octanol–water partition coefficient (Wildman–Crippen LogP) is 2.80. The largest absolute Gasteiger partial charge is 0.352 e. The third-order valence-corrected chi connectivity index (χ3v) is 5.59. The Morgan fingerprint density at radius 3 is 2.83 bits per heavy atom. The molecule has 1 N–H and O–H groups in total. The van der Waals surface area contributed by atoms with E-state index >= 15 is 0 Å². The van der Waals surface area contributed by atoms with Gasteiger partial charge in [-0.05, 0) is 23.5 Å². The molecule has 3 heterocycles. The van der Waals surface area contributed by atoms with Crippen molar-refractivity contribution in [1.29, 1.82) is 0 Å². The number of nitrogens with one attached hydrogen (secondary N) is 1. The van der Waals surface area contributed by atoms with Crippen LogP contribution in [0.3, 0.4) is 0 Å². The molecular formula is C21H29IN8. The van der Waals surface area contributed by atoms with E-state index in [9.17, 15) is 0 Å². The van der Waals surface area contributed by atoms with E-state index < -0.39 is 0 Å². The molecule has 8 nitrogen and oxygen atoms in total. The van der Waals surface area contributed by atoms with Gasteiger partial charge in [0.2, 0.25) is 0 Å². The Morgan fingerprint density at radius 2 is 2.10 bits per heavy atom. The number of piperidine rings is 1. The first kappa shape index (κ1) is 22.3. The number of nitrogens with zero attached hydrogens (tertiary/aromatic N) is 7. The van der Waals surface area contributed by atoms with Gasteiger partial charge in [-0.15, -0.1) is 24.0 Å². The number of aromatic nitrogens is 5. The van der Waals surface area contributed by atoms with E-state index in [2.05, 4.69) is 72.2 Å². The third-order valence-electron chi connectivity index (χ3n) is 5.59. The van der Waals surface area contributed by atoms with Crippen molar-refractivity contribution in [3.8, 4) is 0 Å². The standard InChI is InChI=1S/C21H28N8.HI/c1-17-6-8-27(13-20(17)28-9-7-23-15-28)21(22-2)25-11-18-4-3-5-19(10-18)12-29-16-24-14-26-29;/h3-5,7,9-10,14-17,20H,6,8,11-13H2,1-2H3,(H,22,25);1H. The Balaban J connectivity index is 0.00000256. The first-order valence-electron chi connectivity index (χ1n) is 10.1. The molecule has 2 aromatic heterocycles. The first-order valence-corrected chi connectivity index (χ1v) is 10.1. The number of hydrogen-bond acceptors (Lipinski definition) is 4. The lowest BCUT2D eigenvalue weighted by Crippen LogP contribution is -2.48. The summed E-state index contributed by atoms with van der Waals surface area (Å²) in [7, 11) is 1.85. The minimum absolute atomic E-state index is 0. The van der Waals surface area contributed by atoms with E-state index in [1.165, 1.54) is 11.1 Å². The van der Waals surface area contributed by atoms with Gasteiger partial charge < -0.3 is 14.8 Å².